The number of rotatable bonds is 4. The number of hydrogen-bond donors (Lipinski definition) is 1. The summed E-state index contributed by atoms with van der Waals surface area (Å²) < 4.78 is 31.0. The smallest absolute Gasteiger partial charge is 0.331 e. The van der Waals surface area contributed by atoms with Crippen molar-refractivity contribution in [2.45, 2.75) is 0 Å². The van der Waals surface area contributed by atoms with Crippen LogP contribution in [0.25, 0.3) is 0 Å². The molecule has 1 heterocycles. The molecule has 0 saturated heterocycles. The molecule has 20 heavy (non-hydrogen) atoms. The van der Waals surface area contributed by atoms with Crippen molar-refractivity contribution in [2.75, 3.05) is 12.4 Å². The van der Waals surface area contributed by atoms with Gasteiger partial charge in [-0.05, 0) is 18.2 Å². The molecule has 6 nitrogen and oxygen atoms in total. The Morgan fingerprint density at radius 1 is 1.25 bits per heavy atom. The molecule has 0 aliphatic carbocycles. The summed E-state index contributed by atoms with van der Waals surface area (Å²) in [4.78, 5) is 14.1. The zero-order valence-corrected chi connectivity index (χ0v) is 10.3. The summed E-state index contributed by atoms with van der Waals surface area (Å²) in [6.07, 6.45) is 0. The van der Waals surface area contributed by atoms with Gasteiger partial charge in [-0.15, -0.1) is 0 Å². The Labute approximate surface area is 112 Å². The number of hydrogen-bond acceptors (Lipinski definition) is 5. The van der Waals surface area contributed by atoms with Gasteiger partial charge in [-0.25, -0.2) is 8.78 Å². The Morgan fingerprint density at radius 2 is 2.00 bits per heavy atom. The molecule has 1 aromatic heterocycles. The molecule has 0 amide bonds. The number of halogens is 2. The van der Waals surface area contributed by atoms with Crippen LogP contribution < -0.4 is 10.1 Å². The van der Waals surface area contributed by atoms with Gasteiger partial charge in [0.25, 0.3) is 0 Å². The van der Waals surface area contributed by atoms with Crippen LogP contribution in [-0.2, 0) is 0 Å². The van der Waals surface area contributed by atoms with Crippen molar-refractivity contribution in [3.63, 3.8) is 0 Å². The van der Waals surface area contributed by atoms with Gasteiger partial charge in [-0.2, -0.15) is 4.98 Å². The molecule has 0 aliphatic rings. The highest BCUT2D eigenvalue weighted by Gasteiger charge is 2.18. The second-order valence-electron chi connectivity index (χ2n) is 3.71. The Morgan fingerprint density at radius 3 is 2.60 bits per heavy atom. The summed E-state index contributed by atoms with van der Waals surface area (Å²) in [6.45, 7) is 0. The monoisotopic (exact) mass is 281 g/mol. The lowest BCUT2D eigenvalue weighted by molar-refractivity contribution is -0.386. The van der Waals surface area contributed by atoms with E-state index in [9.17, 15) is 18.9 Å². The first kappa shape index (κ1) is 13.7. The van der Waals surface area contributed by atoms with Gasteiger partial charge < -0.3 is 10.1 Å². The van der Waals surface area contributed by atoms with Gasteiger partial charge in [0.15, 0.2) is 11.6 Å². The van der Waals surface area contributed by atoms with E-state index in [1.165, 1.54) is 12.1 Å². The minimum absolute atomic E-state index is 0.0900. The van der Waals surface area contributed by atoms with E-state index in [0.29, 0.717) is 5.82 Å². The van der Waals surface area contributed by atoms with Gasteiger partial charge in [0, 0.05) is 19.2 Å². The van der Waals surface area contributed by atoms with E-state index >= 15 is 0 Å². The van der Waals surface area contributed by atoms with Crippen LogP contribution in [0.3, 0.4) is 0 Å². The molecule has 1 aromatic carbocycles. The first-order valence-corrected chi connectivity index (χ1v) is 5.47. The number of aromatic nitrogens is 1. The molecule has 0 spiro atoms. The molecule has 0 saturated carbocycles. The van der Waals surface area contributed by atoms with Crippen LogP contribution in [0.15, 0.2) is 30.3 Å². The van der Waals surface area contributed by atoms with Gasteiger partial charge in [-0.3, -0.25) is 10.1 Å². The molecule has 0 bridgehead atoms. The number of ether oxygens (including phenoxy) is 1. The van der Waals surface area contributed by atoms with E-state index in [2.05, 4.69) is 10.3 Å². The van der Waals surface area contributed by atoms with Crippen molar-refractivity contribution in [1.29, 1.82) is 0 Å². The molecule has 2 rings (SSSR count). The molecule has 2 aromatic rings. The van der Waals surface area contributed by atoms with Gasteiger partial charge in [0.05, 0.1) is 4.92 Å². The van der Waals surface area contributed by atoms with Crippen molar-refractivity contribution in [3.05, 3.63) is 52.1 Å². The molecule has 8 heteroatoms. The van der Waals surface area contributed by atoms with Crippen molar-refractivity contribution in [3.8, 4) is 11.6 Å². The topological polar surface area (TPSA) is 77.3 Å². The third kappa shape index (κ3) is 2.79. The van der Waals surface area contributed by atoms with E-state index in [4.69, 9.17) is 4.74 Å². The average molecular weight is 281 g/mol. The molecule has 0 unspecified atom stereocenters. The highest BCUT2D eigenvalue weighted by atomic mass is 19.2. The van der Waals surface area contributed by atoms with Gasteiger partial charge >= 0.3 is 11.6 Å². The number of anilines is 1. The molecule has 0 aliphatic heterocycles. The van der Waals surface area contributed by atoms with Crippen LogP contribution in [-0.4, -0.2) is 17.0 Å². The summed E-state index contributed by atoms with van der Waals surface area (Å²) in [7, 11) is 1.58. The first-order valence-electron chi connectivity index (χ1n) is 5.47. The second kappa shape index (κ2) is 5.47. The van der Waals surface area contributed by atoms with Crippen LogP contribution in [0, 0.1) is 21.7 Å². The third-order valence-electron chi connectivity index (χ3n) is 2.40. The van der Waals surface area contributed by atoms with Crippen molar-refractivity contribution in [2.24, 2.45) is 0 Å². The Bertz CT molecular complexity index is 664. The van der Waals surface area contributed by atoms with E-state index in [-0.39, 0.29) is 17.3 Å². The molecule has 0 radical (unpaired) electrons. The first-order chi connectivity index (χ1) is 9.51. The zero-order valence-electron chi connectivity index (χ0n) is 10.3. The summed E-state index contributed by atoms with van der Waals surface area (Å²) >= 11 is 0. The SMILES string of the molecule is CNc1ccc([N+](=O)[O-])c(Oc2ccc(F)c(F)c2)n1. The maximum absolute atomic E-state index is 13.1. The number of pyridine rings is 1. The fourth-order valence-corrected chi connectivity index (χ4v) is 1.44. The number of benzene rings is 1. The predicted octanol–water partition coefficient (Wildman–Crippen LogP) is 3.10. The normalized spacial score (nSPS) is 10.2. The molecular weight excluding hydrogens is 272 g/mol. The van der Waals surface area contributed by atoms with Crippen molar-refractivity contribution < 1.29 is 18.4 Å². The Balaban J connectivity index is 2.40. The lowest BCUT2D eigenvalue weighted by Crippen LogP contribution is -1.99. The fourth-order valence-electron chi connectivity index (χ4n) is 1.44. The highest BCUT2D eigenvalue weighted by molar-refractivity contribution is 5.50. The third-order valence-corrected chi connectivity index (χ3v) is 2.40. The van der Waals surface area contributed by atoms with Crippen LogP contribution in [0.4, 0.5) is 20.3 Å². The van der Waals surface area contributed by atoms with E-state index in [1.807, 2.05) is 0 Å². The van der Waals surface area contributed by atoms with Crippen LogP contribution >= 0.6 is 0 Å². The quantitative estimate of drug-likeness (QED) is 0.688. The Kier molecular flexibility index (Phi) is 3.74. The van der Waals surface area contributed by atoms with Gasteiger partial charge in [-0.1, -0.05) is 0 Å². The maximum Gasteiger partial charge on any atom is 0.331 e. The summed E-state index contributed by atoms with van der Waals surface area (Å²) in [5, 5.41) is 13.6. The van der Waals surface area contributed by atoms with Crippen molar-refractivity contribution in [1.82, 2.24) is 4.98 Å². The standard InChI is InChI=1S/C12H9F2N3O3/c1-15-11-5-4-10(17(18)19)12(16-11)20-7-2-3-8(13)9(14)6-7/h2-6H,1H3,(H,15,16). The zero-order chi connectivity index (χ0) is 14.7. The van der Waals surface area contributed by atoms with Gasteiger partial charge in [0.1, 0.15) is 11.6 Å². The largest absolute Gasteiger partial charge is 0.434 e. The maximum atomic E-state index is 13.1. The predicted molar refractivity (Wildman–Crippen MR) is 66.9 cm³/mol. The number of nitro groups is 1. The van der Waals surface area contributed by atoms with Crippen LogP contribution in [0.1, 0.15) is 0 Å². The molecule has 1 N–H and O–H groups in total. The highest BCUT2D eigenvalue weighted by Crippen LogP contribution is 2.31. The molecule has 0 fully saturated rings. The van der Waals surface area contributed by atoms with Crippen LogP contribution in [0.2, 0.25) is 0 Å². The minimum Gasteiger partial charge on any atom is -0.434 e. The number of nitrogens with zero attached hydrogens (tertiary/aromatic N) is 2. The average Bonchev–Trinajstić information content (AvgIpc) is 2.42. The second-order valence-corrected chi connectivity index (χ2v) is 3.71. The van der Waals surface area contributed by atoms with Gasteiger partial charge in [0.2, 0.25) is 0 Å². The Hall–Kier alpha value is -2.77. The molecule has 0 atom stereocenters. The lowest BCUT2D eigenvalue weighted by Gasteiger charge is -2.07. The fraction of sp³-hybridized carbons (Fsp3) is 0.0833. The van der Waals surface area contributed by atoms with E-state index < -0.39 is 16.6 Å². The lowest BCUT2D eigenvalue weighted by atomic mass is 10.3. The van der Waals surface area contributed by atoms with Crippen molar-refractivity contribution >= 4 is 11.5 Å². The summed E-state index contributed by atoms with van der Waals surface area (Å²) in [6, 6.07) is 5.39. The summed E-state index contributed by atoms with van der Waals surface area (Å²) in [5.74, 6) is -2.22. The minimum atomic E-state index is -1.12. The van der Waals surface area contributed by atoms with E-state index in [1.54, 1.807) is 7.05 Å². The van der Waals surface area contributed by atoms with Crippen LogP contribution in [0.5, 0.6) is 11.6 Å². The van der Waals surface area contributed by atoms with E-state index in [0.717, 1.165) is 18.2 Å². The molecule has 104 valence electrons. The molecular formula is C12H9F2N3O3. The summed E-state index contributed by atoms with van der Waals surface area (Å²) in [5.41, 5.74) is -0.381. The number of nitrogens with one attached hydrogen (secondary N) is 1.